The molecule has 0 radical (unpaired) electrons. The second-order valence-electron chi connectivity index (χ2n) is 7.49. The molecular formula is C20H28F3N3O2. The predicted molar refractivity (Wildman–Crippen MR) is 99.7 cm³/mol. The Morgan fingerprint density at radius 2 is 1.68 bits per heavy atom. The van der Waals surface area contributed by atoms with Crippen LogP contribution in [0.1, 0.15) is 24.0 Å². The van der Waals surface area contributed by atoms with Gasteiger partial charge in [-0.3, -0.25) is 14.6 Å². The van der Waals surface area contributed by atoms with Crippen molar-refractivity contribution >= 4 is 5.91 Å². The first-order valence-corrected chi connectivity index (χ1v) is 9.88. The van der Waals surface area contributed by atoms with Gasteiger partial charge in [-0.15, -0.1) is 0 Å². The number of halogens is 3. The number of nitrogens with one attached hydrogen (secondary N) is 1. The molecule has 2 saturated heterocycles. The van der Waals surface area contributed by atoms with Gasteiger partial charge in [0.1, 0.15) is 0 Å². The van der Waals surface area contributed by atoms with Gasteiger partial charge in [0.15, 0.2) is 0 Å². The Hall–Kier alpha value is -1.64. The minimum atomic E-state index is -4.30. The largest absolute Gasteiger partial charge is 0.416 e. The molecule has 1 N–H and O–H groups in total. The summed E-state index contributed by atoms with van der Waals surface area (Å²) >= 11 is 0. The zero-order valence-electron chi connectivity index (χ0n) is 16.0. The molecule has 2 heterocycles. The van der Waals surface area contributed by atoms with E-state index >= 15 is 0 Å². The highest BCUT2D eigenvalue weighted by atomic mass is 19.4. The van der Waals surface area contributed by atoms with Crippen LogP contribution in [0.5, 0.6) is 0 Å². The van der Waals surface area contributed by atoms with Gasteiger partial charge in [-0.05, 0) is 43.6 Å². The fraction of sp³-hybridized carbons (Fsp3) is 0.650. The minimum absolute atomic E-state index is 0.0218. The molecule has 2 aliphatic rings. The molecule has 5 nitrogen and oxygen atoms in total. The summed E-state index contributed by atoms with van der Waals surface area (Å²) in [4.78, 5) is 16.8. The number of carbonyl (C=O) groups is 1. The third-order valence-corrected chi connectivity index (χ3v) is 5.48. The molecule has 1 amide bonds. The molecule has 8 heteroatoms. The number of piperidine rings is 1. The van der Waals surface area contributed by atoms with Crippen LogP contribution in [0.2, 0.25) is 0 Å². The van der Waals surface area contributed by atoms with Crippen molar-refractivity contribution in [3.63, 3.8) is 0 Å². The molecular weight excluding hydrogens is 371 g/mol. The minimum Gasteiger partial charge on any atom is -0.379 e. The number of hydrogen-bond donors (Lipinski definition) is 1. The predicted octanol–water partition coefficient (Wildman–Crippen LogP) is 2.37. The lowest BCUT2D eigenvalue weighted by Crippen LogP contribution is -2.44. The van der Waals surface area contributed by atoms with Crippen molar-refractivity contribution in [3.05, 3.63) is 35.4 Å². The van der Waals surface area contributed by atoms with E-state index in [1.807, 2.05) is 0 Å². The van der Waals surface area contributed by atoms with Crippen molar-refractivity contribution < 1.29 is 22.7 Å². The lowest BCUT2D eigenvalue weighted by atomic mass is 9.95. The topological polar surface area (TPSA) is 44.8 Å². The molecule has 2 fully saturated rings. The second kappa shape index (κ2) is 9.71. The van der Waals surface area contributed by atoms with Gasteiger partial charge >= 0.3 is 6.18 Å². The summed E-state index contributed by atoms with van der Waals surface area (Å²) in [5.41, 5.74) is 0.241. The van der Waals surface area contributed by atoms with E-state index in [0.29, 0.717) is 13.1 Å². The average Bonchev–Trinajstić information content (AvgIpc) is 2.69. The number of amides is 1. The Labute approximate surface area is 163 Å². The molecule has 3 rings (SSSR count). The fourth-order valence-electron chi connectivity index (χ4n) is 3.72. The summed E-state index contributed by atoms with van der Waals surface area (Å²) in [6, 6.07) is 5.33. The normalized spacial score (nSPS) is 20.2. The van der Waals surface area contributed by atoms with Crippen molar-refractivity contribution in [1.29, 1.82) is 0 Å². The van der Waals surface area contributed by atoms with Crippen LogP contribution in [0, 0.1) is 5.92 Å². The third-order valence-electron chi connectivity index (χ3n) is 5.48. The lowest BCUT2D eigenvalue weighted by Gasteiger charge is -2.31. The van der Waals surface area contributed by atoms with Crippen molar-refractivity contribution in [3.8, 4) is 0 Å². The van der Waals surface area contributed by atoms with E-state index in [1.165, 1.54) is 12.1 Å². The smallest absolute Gasteiger partial charge is 0.379 e. The maximum atomic E-state index is 12.6. The van der Waals surface area contributed by atoms with Crippen LogP contribution in [0.25, 0.3) is 0 Å². The van der Waals surface area contributed by atoms with E-state index in [4.69, 9.17) is 4.74 Å². The van der Waals surface area contributed by atoms with Gasteiger partial charge in [0.05, 0.1) is 18.8 Å². The summed E-state index contributed by atoms with van der Waals surface area (Å²) < 4.78 is 43.2. The van der Waals surface area contributed by atoms with Gasteiger partial charge in [-0.25, -0.2) is 0 Å². The summed E-state index contributed by atoms with van der Waals surface area (Å²) in [5.74, 6) is 0.135. The molecule has 156 valence electrons. The van der Waals surface area contributed by atoms with E-state index in [2.05, 4.69) is 15.1 Å². The number of hydrogen-bond acceptors (Lipinski definition) is 4. The zero-order valence-corrected chi connectivity index (χ0v) is 16.0. The monoisotopic (exact) mass is 399 g/mol. The van der Waals surface area contributed by atoms with Crippen LogP contribution in [-0.4, -0.2) is 68.2 Å². The molecule has 0 atom stereocenters. The summed E-state index contributed by atoms with van der Waals surface area (Å²) in [6.07, 6.45) is -2.74. The van der Waals surface area contributed by atoms with E-state index in [9.17, 15) is 18.0 Å². The summed E-state index contributed by atoms with van der Waals surface area (Å²) in [6.45, 7) is 7.02. The number of alkyl halides is 3. The van der Waals surface area contributed by atoms with Crippen LogP contribution in [-0.2, 0) is 22.3 Å². The van der Waals surface area contributed by atoms with Crippen LogP contribution < -0.4 is 5.32 Å². The summed E-state index contributed by atoms with van der Waals surface area (Å²) in [5, 5.41) is 3.04. The number of likely N-dealkylation sites (tertiary alicyclic amines) is 1. The van der Waals surface area contributed by atoms with Gasteiger partial charge in [0.2, 0.25) is 5.91 Å². The van der Waals surface area contributed by atoms with E-state index in [1.54, 1.807) is 0 Å². The zero-order chi connectivity index (χ0) is 20.0. The number of ether oxygens (including phenoxy) is 1. The molecule has 2 aliphatic heterocycles. The maximum absolute atomic E-state index is 12.6. The molecule has 0 aliphatic carbocycles. The van der Waals surface area contributed by atoms with Crippen LogP contribution >= 0.6 is 0 Å². The Morgan fingerprint density at radius 1 is 1.04 bits per heavy atom. The van der Waals surface area contributed by atoms with E-state index in [-0.39, 0.29) is 11.8 Å². The van der Waals surface area contributed by atoms with Gasteiger partial charge in [0.25, 0.3) is 0 Å². The molecule has 0 spiro atoms. The highest BCUT2D eigenvalue weighted by Crippen LogP contribution is 2.29. The molecule has 0 aromatic heterocycles. The Bertz CT molecular complexity index is 623. The highest BCUT2D eigenvalue weighted by molar-refractivity contribution is 5.78. The van der Waals surface area contributed by atoms with Crippen molar-refractivity contribution in [2.75, 3.05) is 52.5 Å². The number of morpholine rings is 1. The van der Waals surface area contributed by atoms with Gasteiger partial charge in [-0.2, -0.15) is 13.2 Å². The molecule has 0 unspecified atom stereocenters. The SMILES string of the molecule is O=C(NCCN1CCOCC1)C1CCN(Cc2ccc(C(F)(F)F)cc2)CC1. The van der Waals surface area contributed by atoms with Crippen LogP contribution in [0.4, 0.5) is 13.2 Å². The van der Waals surface area contributed by atoms with E-state index in [0.717, 1.165) is 76.5 Å². The first kappa shape index (κ1) is 21.1. The molecule has 28 heavy (non-hydrogen) atoms. The Balaban J connectivity index is 1.36. The third kappa shape index (κ3) is 6.18. The number of nitrogens with zero attached hydrogens (tertiary/aromatic N) is 2. The molecule has 1 aromatic rings. The summed E-state index contributed by atoms with van der Waals surface area (Å²) in [7, 11) is 0. The molecule has 0 bridgehead atoms. The van der Waals surface area contributed by atoms with Crippen LogP contribution in [0.3, 0.4) is 0 Å². The average molecular weight is 399 g/mol. The van der Waals surface area contributed by atoms with E-state index < -0.39 is 11.7 Å². The number of rotatable bonds is 6. The van der Waals surface area contributed by atoms with Gasteiger partial charge < -0.3 is 10.1 Å². The van der Waals surface area contributed by atoms with Crippen molar-refractivity contribution in [2.45, 2.75) is 25.6 Å². The highest BCUT2D eigenvalue weighted by Gasteiger charge is 2.30. The first-order chi connectivity index (χ1) is 13.4. The number of benzene rings is 1. The fourth-order valence-corrected chi connectivity index (χ4v) is 3.72. The Morgan fingerprint density at radius 3 is 2.29 bits per heavy atom. The van der Waals surface area contributed by atoms with Gasteiger partial charge in [-0.1, -0.05) is 12.1 Å². The number of carbonyl (C=O) groups excluding carboxylic acids is 1. The van der Waals surface area contributed by atoms with Crippen molar-refractivity contribution in [1.82, 2.24) is 15.1 Å². The maximum Gasteiger partial charge on any atom is 0.416 e. The quantitative estimate of drug-likeness (QED) is 0.798. The van der Waals surface area contributed by atoms with Crippen LogP contribution in [0.15, 0.2) is 24.3 Å². The lowest BCUT2D eigenvalue weighted by molar-refractivity contribution is -0.137. The second-order valence-corrected chi connectivity index (χ2v) is 7.49. The van der Waals surface area contributed by atoms with Crippen molar-refractivity contribution in [2.24, 2.45) is 5.92 Å². The standard InChI is InChI=1S/C20H28F3N3O2/c21-20(22,23)18-3-1-16(2-4-18)15-26-8-5-17(6-9-26)19(27)24-7-10-25-11-13-28-14-12-25/h1-4,17H,5-15H2,(H,24,27). The molecule has 0 saturated carbocycles. The van der Waals surface area contributed by atoms with Gasteiger partial charge in [0, 0.05) is 38.6 Å². The Kier molecular flexibility index (Phi) is 7.31. The molecule has 1 aromatic carbocycles. The first-order valence-electron chi connectivity index (χ1n) is 9.88.